The van der Waals surface area contributed by atoms with E-state index in [1.165, 1.54) is 0 Å². The molecular weight excluding hydrogens is 344 g/mol. The number of ether oxygens (including phenoxy) is 1. The van der Waals surface area contributed by atoms with Crippen molar-refractivity contribution in [2.75, 3.05) is 19.6 Å². The zero-order chi connectivity index (χ0) is 19.7. The van der Waals surface area contributed by atoms with Crippen LogP contribution < -0.4 is 0 Å². The summed E-state index contributed by atoms with van der Waals surface area (Å²) in [5.74, 6) is -0.0929. The van der Waals surface area contributed by atoms with Crippen LogP contribution in [0.15, 0.2) is 30.3 Å². The van der Waals surface area contributed by atoms with E-state index in [1.54, 1.807) is 9.80 Å². The van der Waals surface area contributed by atoms with E-state index in [1.807, 2.05) is 51.1 Å². The standard InChI is InChI=1S/C21H28N2O4/c1-20(2,3)27-19(26)22-11-9-21(10-12-22)15-23(18(25)13-17(21)24)14-16-7-5-4-6-8-16/h4-8H,9-15H2,1-3H3. The first-order valence-corrected chi connectivity index (χ1v) is 9.51. The molecule has 0 aliphatic carbocycles. The van der Waals surface area contributed by atoms with Crippen molar-refractivity contribution in [2.24, 2.45) is 5.41 Å². The lowest BCUT2D eigenvalue weighted by Gasteiger charge is -2.46. The molecule has 0 unspecified atom stereocenters. The van der Waals surface area contributed by atoms with E-state index in [4.69, 9.17) is 4.74 Å². The second kappa shape index (κ2) is 7.33. The summed E-state index contributed by atoms with van der Waals surface area (Å²) in [5.41, 5.74) is -0.0194. The molecule has 1 aromatic rings. The van der Waals surface area contributed by atoms with Gasteiger partial charge in [-0.05, 0) is 39.2 Å². The fourth-order valence-corrected chi connectivity index (χ4v) is 3.81. The molecule has 0 aromatic heterocycles. The second-order valence-corrected chi connectivity index (χ2v) is 8.58. The van der Waals surface area contributed by atoms with E-state index in [-0.39, 0.29) is 24.2 Å². The predicted molar refractivity (Wildman–Crippen MR) is 101 cm³/mol. The number of ketones is 1. The lowest BCUT2D eigenvalue weighted by molar-refractivity contribution is -0.151. The van der Waals surface area contributed by atoms with Crippen molar-refractivity contribution in [1.82, 2.24) is 9.80 Å². The molecule has 0 atom stereocenters. The number of benzene rings is 1. The average Bonchev–Trinajstić information content (AvgIpc) is 2.60. The lowest BCUT2D eigenvalue weighted by atomic mass is 9.71. The molecule has 2 fully saturated rings. The van der Waals surface area contributed by atoms with Gasteiger partial charge in [0.25, 0.3) is 0 Å². The van der Waals surface area contributed by atoms with E-state index in [9.17, 15) is 14.4 Å². The molecule has 146 valence electrons. The minimum Gasteiger partial charge on any atom is -0.444 e. The Balaban J connectivity index is 1.66. The number of amides is 2. The number of hydrogen-bond acceptors (Lipinski definition) is 4. The van der Waals surface area contributed by atoms with Crippen LogP contribution in [-0.2, 0) is 20.9 Å². The summed E-state index contributed by atoms with van der Waals surface area (Å²) in [6.45, 7) is 7.43. The number of Topliss-reactive ketones (excluding diaryl/α,β-unsaturated/α-hetero) is 1. The van der Waals surface area contributed by atoms with Gasteiger partial charge in [-0.25, -0.2) is 4.79 Å². The highest BCUT2D eigenvalue weighted by Crippen LogP contribution is 2.38. The van der Waals surface area contributed by atoms with Gasteiger partial charge in [-0.2, -0.15) is 0 Å². The minimum absolute atomic E-state index is 0.0145. The van der Waals surface area contributed by atoms with Gasteiger partial charge in [0.1, 0.15) is 11.4 Å². The van der Waals surface area contributed by atoms with Gasteiger partial charge in [-0.3, -0.25) is 9.59 Å². The van der Waals surface area contributed by atoms with E-state index in [0.29, 0.717) is 39.0 Å². The molecule has 0 radical (unpaired) electrons. The molecular formula is C21H28N2O4. The van der Waals surface area contributed by atoms with Gasteiger partial charge < -0.3 is 14.5 Å². The SMILES string of the molecule is CC(C)(C)OC(=O)N1CCC2(CC1)CN(Cc1ccccc1)C(=O)CC2=O. The number of rotatable bonds is 2. The van der Waals surface area contributed by atoms with E-state index < -0.39 is 11.0 Å². The fraction of sp³-hybridized carbons (Fsp3) is 0.571. The van der Waals surface area contributed by atoms with Crippen LogP contribution in [0.2, 0.25) is 0 Å². The van der Waals surface area contributed by atoms with Crippen molar-refractivity contribution in [2.45, 2.75) is 52.2 Å². The minimum atomic E-state index is -0.540. The molecule has 0 N–H and O–H groups in total. The number of likely N-dealkylation sites (tertiary alicyclic amines) is 2. The maximum Gasteiger partial charge on any atom is 0.410 e. The summed E-state index contributed by atoms with van der Waals surface area (Å²) < 4.78 is 5.43. The normalized spacial score (nSPS) is 20.1. The molecule has 0 saturated carbocycles. The Bertz CT molecular complexity index is 715. The Morgan fingerprint density at radius 3 is 2.33 bits per heavy atom. The molecule has 1 aromatic carbocycles. The highest BCUT2D eigenvalue weighted by molar-refractivity contribution is 6.03. The molecule has 2 amide bonds. The molecule has 1 spiro atoms. The van der Waals surface area contributed by atoms with Crippen molar-refractivity contribution in [3.63, 3.8) is 0 Å². The summed E-state index contributed by atoms with van der Waals surface area (Å²) in [6, 6.07) is 9.82. The first-order chi connectivity index (χ1) is 12.7. The van der Waals surface area contributed by atoms with Gasteiger partial charge >= 0.3 is 6.09 Å². The smallest absolute Gasteiger partial charge is 0.410 e. The summed E-state index contributed by atoms with van der Waals surface area (Å²) >= 11 is 0. The number of carbonyl (C=O) groups excluding carboxylic acids is 3. The van der Waals surface area contributed by atoms with Crippen LogP contribution >= 0.6 is 0 Å². The third-order valence-corrected chi connectivity index (χ3v) is 5.34. The van der Waals surface area contributed by atoms with E-state index in [2.05, 4.69) is 0 Å². The largest absolute Gasteiger partial charge is 0.444 e. The summed E-state index contributed by atoms with van der Waals surface area (Å²) in [7, 11) is 0. The van der Waals surface area contributed by atoms with Gasteiger partial charge in [0.05, 0.1) is 11.8 Å². The molecule has 2 heterocycles. The maximum absolute atomic E-state index is 12.7. The van der Waals surface area contributed by atoms with Gasteiger partial charge in [-0.15, -0.1) is 0 Å². The zero-order valence-corrected chi connectivity index (χ0v) is 16.4. The Labute approximate surface area is 160 Å². The summed E-state index contributed by atoms with van der Waals surface area (Å²) in [5, 5.41) is 0. The Morgan fingerprint density at radius 1 is 1.11 bits per heavy atom. The van der Waals surface area contributed by atoms with Gasteiger partial charge in [0.15, 0.2) is 0 Å². The molecule has 6 heteroatoms. The topological polar surface area (TPSA) is 66.9 Å². The molecule has 0 bridgehead atoms. The third kappa shape index (κ3) is 4.49. The summed E-state index contributed by atoms with van der Waals surface area (Å²) in [4.78, 5) is 40.8. The van der Waals surface area contributed by atoms with E-state index in [0.717, 1.165) is 5.56 Å². The predicted octanol–water partition coefficient (Wildman–Crippen LogP) is 3.01. The maximum atomic E-state index is 12.7. The van der Waals surface area contributed by atoms with Crippen molar-refractivity contribution in [3.8, 4) is 0 Å². The molecule has 27 heavy (non-hydrogen) atoms. The van der Waals surface area contributed by atoms with Crippen LogP contribution in [-0.4, -0.2) is 52.8 Å². The van der Waals surface area contributed by atoms with Crippen molar-refractivity contribution < 1.29 is 19.1 Å². The van der Waals surface area contributed by atoms with Gasteiger partial charge in [0.2, 0.25) is 5.91 Å². The molecule has 6 nitrogen and oxygen atoms in total. The van der Waals surface area contributed by atoms with Gasteiger partial charge in [-0.1, -0.05) is 30.3 Å². The number of carbonyl (C=O) groups is 3. The molecule has 2 aliphatic rings. The van der Waals surface area contributed by atoms with Crippen LogP contribution in [0.5, 0.6) is 0 Å². The number of piperidine rings is 2. The number of nitrogens with zero attached hydrogens (tertiary/aromatic N) is 2. The lowest BCUT2D eigenvalue weighted by Crippen LogP contribution is -2.56. The second-order valence-electron chi connectivity index (χ2n) is 8.58. The Hall–Kier alpha value is -2.37. The quantitative estimate of drug-likeness (QED) is 0.749. The first-order valence-electron chi connectivity index (χ1n) is 9.51. The third-order valence-electron chi connectivity index (χ3n) is 5.34. The molecule has 2 saturated heterocycles. The van der Waals surface area contributed by atoms with Crippen LogP contribution in [0.1, 0.15) is 45.6 Å². The zero-order valence-electron chi connectivity index (χ0n) is 16.4. The van der Waals surface area contributed by atoms with Crippen molar-refractivity contribution >= 4 is 17.8 Å². The van der Waals surface area contributed by atoms with Crippen molar-refractivity contribution in [3.05, 3.63) is 35.9 Å². The molecule has 3 rings (SSSR count). The van der Waals surface area contributed by atoms with Crippen molar-refractivity contribution in [1.29, 1.82) is 0 Å². The van der Waals surface area contributed by atoms with Gasteiger partial charge in [0, 0.05) is 26.2 Å². The molecule has 2 aliphatic heterocycles. The summed E-state index contributed by atoms with van der Waals surface area (Å²) in [6.07, 6.45) is 0.768. The van der Waals surface area contributed by atoms with Crippen LogP contribution in [0.4, 0.5) is 4.79 Å². The average molecular weight is 372 g/mol. The highest BCUT2D eigenvalue weighted by atomic mass is 16.6. The number of hydrogen-bond donors (Lipinski definition) is 0. The monoisotopic (exact) mass is 372 g/mol. The fourth-order valence-electron chi connectivity index (χ4n) is 3.81. The van der Waals surface area contributed by atoms with Crippen LogP contribution in [0.3, 0.4) is 0 Å². The van der Waals surface area contributed by atoms with E-state index >= 15 is 0 Å². The van der Waals surface area contributed by atoms with Crippen LogP contribution in [0, 0.1) is 5.41 Å². The Kier molecular flexibility index (Phi) is 5.27. The Morgan fingerprint density at radius 2 is 1.74 bits per heavy atom. The highest BCUT2D eigenvalue weighted by Gasteiger charge is 2.48. The van der Waals surface area contributed by atoms with Crippen LogP contribution in [0.25, 0.3) is 0 Å². The first kappa shape index (κ1) is 19.4.